The Morgan fingerprint density at radius 1 is 1.40 bits per heavy atom. The van der Waals surface area contributed by atoms with Crippen molar-refractivity contribution in [3.8, 4) is 0 Å². The van der Waals surface area contributed by atoms with Gasteiger partial charge in [0, 0.05) is 16.6 Å². The number of benzene rings is 1. The summed E-state index contributed by atoms with van der Waals surface area (Å²) in [6.45, 7) is 0.957. The Balaban J connectivity index is 2.23. The van der Waals surface area contributed by atoms with Gasteiger partial charge in [0.1, 0.15) is 0 Å². The lowest BCUT2D eigenvalue weighted by Gasteiger charge is -2.14. The molecule has 2 rings (SSSR count). The summed E-state index contributed by atoms with van der Waals surface area (Å²) in [7, 11) is 4.15. The lowest BCUT2D eigenvalue weighted by atomic mass is 10.0. The SMILES string of the molecule is CN(C)Cc1ccc(C2(N)CC2)cc1Br. The second-order valence-electron chi connectivity index (χ2n) is 4.70. The third-order valence-electron chi connectivity index (χ3n) is 2.90. The molecular weight excluding hydrogens is 252 g/mol. The molecule has 0 radical (unpaired) electrons. The molecule has 1 aromatic rings. The first-order valence-corrected chi connectivity index (χ1v) is 6.03. The van der Waals surface area contributed by atoms with E-state index in [1.54, 1.807) is 0 Å². The Labute approximate surface area is 99.6 Å². The highest BCUT2D eigenvalue weighted by molar-refractivity contribution is 9.10. The number of halogens is 1. The smallest absolute Gasteiger partial charge is 0.0411 e. The normalized spacial score (nSPS) is 18.2. The van der Waals surface area contributed by atoms with E-state index in [1.807, 2.05) is 0 Å². The monoisotopic (exact) mass is 268 g/mol. The van der Waals surface area contributed by atoms with E-state index in [0.29, 0.717) is 0 Å². The summed E-state index contributed by atoms with van der Waals surface area (Å²) >= 11 is 3.61. The molecule has 1 fully saturated rings. The Bertz CT molecular complexity index is 370. The molecule has 1 aliphatic carbocycles. The molecule has 0 amide bonds. The van der Waals surface area contributed by atoms with Gasteiger partial charge in [-0.1, -0.05) is 28.1 Å². The quantitative estimate of drug-likeness (QED) is 0.913. The summed E-state index contributed by atoms with van der Waals surface area (Å²) in [6, 6.07) is 6.51. The van der Waals surface area contributed by atoms with Crippen LogP contribution in [0.15, 0.2) is 22.7 Å². The standard InChI is InChI=1S/C12H17BrN2/c1-15(2)8-9-3-4-10(7-11(9)13)12(14)5-6-12/h3-4,7H,5-6,8,14H2,1-2H3. The second-order valence-corrected chi connectivity index (χ2v) is 5.55. The van der Waals surface area contributed by atoms with Crippen molar-refractivity contribution in [2.24, 2.45) is 5.73 Å². The highest BCUT2D eigenvalue weighted by atomic mass is 79.9. The molecule has 1 aromatic carbocycles. The van der Waals surface area contributed by atoms with Crippen LogP contribution in [0.1, 0.15) is 24.0 Å². The van der Waals surface area contributed by atoms with Gasteiger partial charge in [-0.3, -0.25) is 0 Å². The van der Waals surface area contributed by atoms with Crippen LogP contribution in [0.5, 0.6) is 0 Å². The fourth-order valence-corrected chi connectivity index (χ4v) is 2.25. The van der Waals surface area contributed by atoms with Crippen LogP contribution in [0.25, 0.3) is 0 Å². The lowest BCUT2D eigenvalue weighted by Crippen LogP contribution is -2.19. The van der Waals surface area contributed by atoms with Gasteiger partial charge in [0.15, 0.2) is 0 Å². The van der Waals surface area contributed by atoms with Crippen LogP contribution in [-0.2, 0) is 12.1 Å². The van der Waals surface area contributed by atoms with Gasteiger partial charge >= 0.3 is 0 Å². The van der Waals surface area contributed by atoms with E-state index < -0.39 is 0 Å². The highest BCUT2D eigenvalue weighted by Gasteiger charge is 2.40. The molecule has 3 heteroatoms. The zero-order valence-electron chi connectivity index (χ0n) is 9.26. The van der Waals surface area contributed by atoms with Crippen molar-refractivity contribution in [2.45, 2.75) is 24.9 Å². The minimum absolute atomic E-state index is 0.0286. The highest BCUT2D eigenvalue weighted by Crippen LogP contribution is 2.43. The van der Waals surface area contributed by atoms with Crippen molar-refractivity contribution in [1.82, 2.24) is 4.90 Å². The van der Waals surface area contributed by atoms with E-state index in [9.17, 15) is 0 Å². The molecule has 1 aliphatic rings. The van der Waals surface area contributed by atoms with Gasteiger partial charge in [-0.05, 0) is 44.1 Å². The van der Waals surface area contributed by atoms with Crippen molar-refractivity contribution in [1.29, 1.82) is 0 Å². The van der Waals surface area contributed by atoms with Gasteiger partial charge < -0.3 is 10.6 Å². The Morgan fingerprint density at radius 2 is 2.07 bits per heavy atom. The molecule has 0 bridgehead atoms. The maximum atomic E-state index is 6.16. The molecule has 0 atom stereocenters. The number of nitrogens with two attached hydrogens (primary N) is 1. The van der Waals surface area contributed by atoms with Gasteiger partial charge in [-0.2, -0.15) is 0 Å². The zero-order valence-corrected chi connectivity index (χ0v) is 10.8. The fraction of sp³-hybridized carbons (Fsp3) is 0.500. The van der Waals surface area contributed by atoms with E-state index in [0.717, 1.165) is 19.4 Å². The second kappa shape index (κ2) is 3.89. The van der Waals surface area contributed by atoms with Gasteiger partial charge in [-0.15, -0.1) is 0 Å². The maximum Gasteiger partial charge on any atom is 0.0411 e. The molecule has 82 valence electrons. The van der Waals surface area contributed by atoms with Gasteiger partial charge in [0.2, 0.25) is 0 Å². The molecule has 0 saturated heterocycles. The molecule has 2 N–H and O–H groups in total. The third-order valence-corrected chi connectivity index (χ3v) is 3.64. The van der Waals surface area contributed by atoms with Crippen molar-refractivity contribution < 1.29 is 0 Å². The largest absolute Gasteiger partial charge is 0.321 e. The van der Waals surface area contributed by atoms with Crippen LogP contribution >= 0.6 is 15.9 Å². The summed E-state index contributed by atoms with van der Waals surface area (Å²) in [5.41, 5.74) is 8.70. The maximum absolute atomic E-state index is 6.16. The molecule has 2 nitrogen and oxygen atoms in total. The first-order chi connectivity index (χ1) is 7.01. The number of nitrogens with zero attached hydrogens (tertiary/aromatic N) is 1. The van der Waals surface area contributed by atoms with E-state index in [4.69, 9.17) is 5.73 Å². The van der Waals surface area contributed by atoms with E-state index in [-0.39, 0.29) is 5.54 Å². The van der Waals surface area contributed by atoms with E-state index >= 15 is 0 Å². The molecule has 1 saturated carbocycles. The van der Waals surface area contributed by atoms with Crippen LogP contribution in [0.2, 0.25) is 0 Å². The summed E-state index contributed by atoms with van der Waals surface area (Å²) < 4.78 is 1.17. The lowest BCUT2D eigenvalue weighted by molar-refractivity contribution is 0.401. The average molecular weight is 269 g/mol. The van der Waals surface area contributed by atoms with Gasteiger partial charge in [-0.25, -0.2) is 0 Å². The Hall–Kier alpha value is -0.380. The van der Waals surface area contributed by atoms with Crippen LogP contribution in [-0.4, -0.2) is 19.0 Å². The predicted octanol–water partition coefficient (Wildman–Crippen LogP) is 2.46. The predicted molar refractivity (Wildman–Crippen MR) is 66.6 cm³/mol. The van der Waals surface area contributed by atoms with Crippen molar-refractivity contribution in [3.63, 3.8) is 0 Å². The molecule has 0 aromatic heterocycles. The van der Waals surface area contributed by atoms with Gasteiger partial charge in [0.05, 0.1) is 0 Å². The Kier molecular flexibility index (Phi) is 2.88. The topological polar surface area (TPSA) is 29.3 Å². The third kappa shape index (κ3) is 2.41. The van der Waals surface area contributed by atoms with E-state index in [1.165, 1.54) is 15.6 Å². The average Bonchev–Trinajstić information content (AvgIpc) is 2.88. The summed E-state index contributed by atoms with van der Waals surface area (Å²) in [5, 5.41) is 0. The van der Waals surface area contributed by atoms with Crippen molar-refractivity contribution in [2.75, 3.05) is 14.1 Å². The minimum atomic E-state index is -0.0286. The Morgan fingerprint density at radius 3 is 2.53 bits per heavy atom. The number of hydrogen-bond acceptors (Lipinski definition) is 2. The van der Waals surface area contributed by atoms with E-state index in [2.05, 4.69) is 53.1 Å². The molecular formula is C12H17BrN2. The molecule has 0 heterocycles. The number of hydrogen-bond donors (Lipinski definition) is 1. The fourth-order valence-electron chi connectivity index (χ4n) is 1.75. The van der Waals surface area contributed by atoms with Gasteiger partial charge in [0.25, 0.3) is 0 Å². The minimum Gasteiger partial charge on any atom is -0.321 e. The van der Waals surface area contributed by atoms with Crippen LogP contribution in [0.4, 0.5) is 0 Å². The summed E-state index contributed by atoms with van der Waals surface area (Å²) in [6.07, 6.45) is 2.24. The zero-order chi connectivity index (χ0) is 11.1. The molecule has 15 heavy (non-hydrogen) atoms. The molecule has 0 spiro atoms. The van der Waals surface area contributed by atoms with Crippen molar-refractivity contribution >= 4 is 15.9 Å². The summed E-state index contributed by atoms with van der Waals surface area (Å²) in [5.74, 6) is 0. The molecule has 0 unspecified atom stereocenters. The van der Waals surface area contributed by atoms with Crippen LogP contribution in [0, 0.1) is 0 Å². The number of rotatable bonds is 3. The van der Waals surface area contributed by atoms with Crippen LogP contribution in [0.3, 0.4) is 0 Å². The first-order valence-electron chi connectivity index (χ1n) is 5.24. The first kappa shape index (κ1) is 11.1. The van der Waals surface area contributed by atoms with Crippen LogP contribution < -0.4 is 5.73 Å². The molecule has 0 aliphatic heterocycles. The van der Waals surface area contributed by atoms with Crippen molar-refractivity contribution in [3.05, 3.63) is 33.8 Å². The summed E-state index contributed by atoms with van der Waals surface area (Å²) in [4.78, 5) is 2.16.